The minimum atomic E-state index is -3.84. The van der Waals surface area contributed by atoms with Crippen LogP contribution in [0.2, 0.25) is 0 Å². The van der Waals surface area contributed by atoms with Crippen LogP contribution >= 0.6 is 0 Å². The van der Waals surface area contributed by atoms with E-state index in [0.29, 0.717) is 48.6 Å². The van der Waals surface area contributed by atoms with E-state index in [2.05, 4.69) is 15.8 Å². The summed E-state index contributed by atoms with van der Waals surface area (Å²) in [6, 6.07) is 10.7. The van der Waals surface area contributed by atoms with Crippen LogP contribution < -0.4 is 9.62 Å². The van der Waals surface area contributed by atoms with Crippen molar-refractivity contribution >= 4 is 27.7 Å². The molecule has 0 radical (unpaired) electrons. The van der Waals surface area contributed by atoms with Gasteiger partial charge in [-0.25, -0.2) is 18.2 Å². The van der Waals surface area contributed by atoms with E-state index >= 15 is 0 Å². The second-order valence-electron chi connectivity index (χ2n) is 8.77. The van der Waals surface area contributed by atoms with E-state index in [1.165, 1.54) is 6.07 Å². The highest BCUT2D eigenvalue weighted by Crippen LogP contribution is 2.35. The fourth-order valence-corrected chi connectivity index (χ4v) is 5.24. The normalized spacial score (nSPS) is 17.1. The van der Waals surface area contributed by atoms with Crippen LogP contribution in [0.3, 0.4) is 0 Å². The summed E-state index contributed by atoms with van der Waals surface area (Å²) < 4.78 is 32.3. The summed E-state index contributed by atoms with van der Waals surface area (Å²) >= 11 is 0. The van der Waals surface area contributed by atoms with Crippen molar-refractivity contribution in [2.24, 2.45) is 5.41 Å². The number of nitrogens with zero attached hydrogens (tertiary/aromatic N) is 3. The van der Waals surface area contributed by atoms with Gasteiger partial charge in [0, 0.05) is 13.1 Å². The summed E-state index contributed by atoms with van der Waals surface area (Å²) in [4.78, 5) is 31.0. The molecule has 0 saturated carbocycles. The molecular formula is C23H24N4O5S. The van der Waals surface area contributed by atoms with Crippen molar-refractivity contribution in [3.63, 3.8) is 0 Å². The third kappa shape index (κ3) is 4.68. The number of sulfonamides is 1. The lowest BCUT2D eigenvalue weighted by molar-refractivity contribution is -0.129. The number of carbonyl (C=O) groups is 2. The van der Waals surface area contributed by atoms with Gasteiger partial charge >= 0.3 is 5.97 Å². The number of anilines is 1. The summed E-state index contributed by atoms with van der Waals surface area (Å²) in [5.74, 6) is -0.845. The van der Waals surface area contributed by atoms with E-state index in [1.807, 2.05) is 24.0 Å². The molecular weight excluding hydrogens is 444 g/mol. The number of cyclic esters (lactones) is 1. The van der Waals surface area contributed by atoms with Gasteiger partial charge in [0.25, 0.3) is 0 Å². The summed E-state index contributed by atoms with van der Waals surface area (Å²) in [6.45, 7) is 4.56. The maximum atomic E-state index is 12.9. The molecule has 0 unspecified atom stereocenters. The minimum absolute atomic E-state index is 0.0691. The summed E-state index contributed by atoms with van der Waals surface area (Å²) in [6.07, 6.45) is 0.774. The number of benzene rings is 1. The molecule has 1 aromatic carbocycles. The Morgan fingerprint density at radius 1 is 1.27 bits per heavy atom. The first-order valence-corrected chi connectivity index (χ1v) is 12.2. The van der Waals surface area contributed by atoms with Gasteiger partial charge in [-0.05, 0) is 31.4 Å². The molecule has 4 rings (SSSR count). The van der Waals surface area contributed by atoms with Crippen LogP contribution in [0.15, 0.2) is 30.3 Å². The molecule has 172 valence electrons. The molecule has 2 aliphatic heterocycles. The van der Waals surface area contributed by atoms with Gasteiger partial charge in [0.1, 0.15) is 18.5 Å². The predicted molar refractivity (Wildman–Crippen MR) is 120 cm³/mol. The number of aryl methyl sites for hydroxylation is 1. The topological polar surface area (TPSA) is 129 Å². The lowest BCUT2D eigenvalue weighted by Crippen LogP contribution is -2.49. The number of carbonyl (C=O) groups excluding carboxylic acids is 2. The average molecular weight is 469 g/mol. The van der Waals surface area contributed by atoms with Gasteiger partial charge in [0.05, 0.1) is 28.0 Å². The molecule has 1 fully saturated rings. The van der Waals surface area contributed by atoms with Crippen LogP contribution in [0.4, 0.5) is 5.82 Å². The molecule has 9 nitrogen and oxygen atoms in total. The predicted octanol–water partition coefficient (Wildman–Crippen LogP) is 2.18. The number of amides is 1. The molecule has 1 amide bonds. The quantitative estimate of drug-likeness (QED) is 0.661. The van der Waals surface area contributed by atoms with Crippen molar-refractivity contribution in [1.29, 1.82) is 5.26 Å². The lowest BCUT2D eigenvalue weighted by atomic mass is 9.79. The highest BCUT2D eigenvalue weighted by Gasteiger charge is 2.39. The second-order valence-corrected chi connectivity index (χ2v) is 10.5. The van der Waals surface area contributed by atoms with Gasteiger partial charge in [-0.15, -0.1) is 0 Å². The summed E-state index contributed by atoms with van der Waals surface area (Å²) in [7, 11) is -3.84. The van der Waals surface area contributed by atoms with E-state index in [9.17, 15) is 23.3 Å². The molecule has 3 heterocycles. The highest BCUT2D eigenvalue weighted by atomic mass is 32.2. The van der Waals surface area contributed by atoms with Crippen LogP contribution in [0.1, 0.15) is 52.5 Å². The Hall–Kier alpha value is -3.45. The first kappa shape index (κ1) is 22.7. The fraction of sp³-hybridized carbons (Fsp3) is 0.391. The van der Waals surface area contributed by atoms with Crippen molar-refractivity contribution in [1.82, 2.24) is 9.71 Å². The fourth-order valence-electron chi connectivity index (χ4n) is 4.01. The lowest BCUT2D eigenvalue weighted by Gasteiger charge is -2.38. The zero-order valence-corrected chi connectivity index (χ0v) is 19.2. The van der Waals surface area contributed by atoms with Gasteiger partial charge in [-0.1, -0.05) is 36.8 Å². The van der Waals surface area contributed by atoms with E-state index in [-0.39, 0.29) is 17.9 Å². The van der Waals surface area contributed by atoms with Gasteiger partial charge < -0.3 is 9.64 Å². The van der Waals surface area contributed by atoms with Crippen LogP contribution in [0.25, 0.3) is 0 Å². The molecule has 1 N–H and O–H groups in total. The number of ether oxygens (including phenoxy) is 1. The van der Waals surface area contributed by atoms with Crippen molar-refractivity contribution < 1.29 is 22.7 Å². The van der Waals surface area contributed by atoms with Gasteiger partial charge in [-0.3, -0.25) is 9.52 Å². The van der Waals surface area contributed by atoms with E-state index in [0.717, 1.165) is 5.56 Å². The molecule has 33 heavy (non-hydrogen) atoms. The Balaban J connectivity index is 1.43. The largest absolute Gasteiger partial charge is 0.455 e. The first-order chi connectivity index (χ1) is 15.6. The van der Waals surface area contributed by atoms with Crippen molar-refractivity contribution in [2.75, 3.05) is 18.0 Å². The maximum Gasteiger partial charge on any atom is 0.340 e. The van der Waals surface area contributed by atoms with Crippen LogP contribution in [-0.4, -0.2) is 38.4 Å². The molecule has 2 aliphatic rings. The Bertz CT molecular complexity index is 1260. The third-order valence-electron chi connectivity index (χ3n) is 6.20. The number of nitrogens with one attached hydrogen (secondary N) is 1. The van der Waals surface area contributed by atoms with Crippen molar-refractivity contribution in [3.05, 3.63) is 58.3 Å². The van der Waals surface area contributed by atoms with Crippen LogP contribution in [0, 0.1) is 23.7 Å². The molecule has 1 aromatic heterocycles. The molecule has 0 bridgehead atoms. The smallest absolute Gasteiger partial charge is 0.340 e. The summed E-state index contributed by atoms with van der Waals surface area (Å²) in [5.41, 5.74) is 1.81. The van der Waals surface area contributed by atoms with Gasteiger partial charge in [0.2, 0.25) is 15.9 Å². The molecule has 0 spiro atoms. The highest BCUT2D eigenvalue weighted by molar-refractivity contribution is 7.89. The molecule has 1 saturated heterocycles. The number of rotatable bonds is 5. The second kappa shape index (κ2) is 8.48. The first-order valence-electron chi connectivity index (χ1n) is 10.6. The zero-order valence-electron chi connectivity index (χ0n) is 18.4. The monoisotopic (exact) mass is 468 g/mol. The van der Waals surface area contributed by atoms with Gasteiger partial charge in [-0.2, -0.15) is 5.26 Å². The molecule has 0 aliphatic carbocycles. The number of hydrogen-bond acceptors (Lipinski definition) is 8. The number of pyridine rings is 1. The van der Waals surface area contributed by atoms with Crippen LogP contribution in [0.5, 0.6) is 0 Å². The van der Waals surface area contributed by atoms with Crippen LogP contribution in [-0.2, 0) is 31.9 Å². The summed E-state index contributed by atoms with van der Waals surface area (Å²) in [5, 5.41) is 9.52. The SMILES string of the molecule is Cc1ccc(CS(=O)(=O)NC(=O)C2(C)CCN(c3nc4c(cc3C#N)C(=O)OC4)CC2)cc1. The van der Waals surface area contributed by atoms with Crippen molar-refractivity contribution in [2.45, 2.75) is 39.0 Å². The van der Waals surface area contributed by atoms with Gasteiger partial charge in [0.15, 0.2) is 0 Å². The number of aromatic nitrogens is 1. The third-order valence-corrected chi connectivity index (χ3v) is 7.41. The van der Waals surface area contributed by atoms with E-state index in [1.54, 1.807) is 19.1 Å². The number of nitriles is 1. The number of piperidine rings is 1. The molecule has 2 aromatic rings. The standard InChI is InChI=1S/C23H24N4O5S/c1-15-3-5-16(6-4-15)14-33(30,31)26-22(29)23(2)7-9-27(10-8-23)20-17(12-24)11-18-19(25-20)13-32-21(18)28/h3-6,11H,7-10,13-14H2,1-2H3,(H,26,29). The Morgan fingerprint density at radius 3 is 2.58 bits per heavy atom. The van der Waals surface area contributed by atoms with E-state index < -0.39 is 27.3 Å². The Morgan fingerprint density at radius 2 is 1.94 bits per heavy atom. The van der Waals surface area contributed by atoms with E-state index in [4.69, 9.17) is 4.74 Å². The maximum absolute atomic E-state index is 12.9. The minimum Gasteiger partial charge on any atom is -0.455 e. The number of esters is 1. The zero-order chi connectivity index (χ0) is 23.8. The Kier molecular flexibility index (Phi) is 5.84. The molecule has 0 atom stereocenters. The number of fused-ring (bicyclic) bond motifs is 1. The number of hydrogen-bond donors (Lipinski definition) is 1. The average Bonchev–Trinajstić information content (AvgIpc) is 3.14. The van der Waals surface area contributed by atoms with Crippen molar-refractivity contribution in [3.8, 4) is 6.07 Å². The molecule has 10 heteroatoms. The Labute approximate surface area is 192 Å².